The van der Waals surface area contributed by atoms with Gasteiger partial charge in [0.25, 0.3) is 0 Å². The molecule has 100 valence electrons. The maximum Gasteiger partial charge on any atom is 0.119 e. The lowest BCUT2D eigenvalue weighted by atomic mass is 9.57. The highest BCUT2D eigenvalue weighted by molar-refractivity contribution is 5.53. The molecule has 2 unspecified atom stereocenters. The maximum absolute atomic E-state index is 5.46. The second-order valence-corrected chi connectivity index (χ2v) is 6.12. The summed E-state index contributed by atoms with van der Waals surface area (Å²) in [5, 5.41) is 3.71. The van der Waals surface area contributed by atoms with E-state index in [9.17, 15) is 0 Å². The Morgan fingerprint density at radius 1 is 1.32 bits per heavy atom. The van der Waals surface area contributed by atoms with E-state index in [-0.39, 0.29) is 0 Å². The van der Waals surface area contributed by atoms with Gasteiger partial charge in [-0.25, -0.2) is 0 Å². The molecule has 2 aliphatic carbocycles. The van der Waals surface area contributed by atoms with Crippen LogP contribution in [0.5, 0.6) is 5.75 Å². The number of rotatable bonds is 1. The van der Waals surface area contributed by atoms with E-state index < -0.39 is 0 Å². The van der Waals surface area contributed by atoms with Gasteiger partial charge in [0.1, 0.15) is 5.75 Å². The summed E-state index contributed by atoms with van der Waals surface area (Å²) in [5.74, 6) is 1.01. The van der Waals surface area contributed by atoms with E-state index in [1.54, 1.807) is 18.2 Å². The van der Waals surface area contributed by atoms with E-state index in [1.807, 2.05) is 0 Å². The molecule has 0 amide bonds. The molecular weight excluding hydrogens is 234 g/mol. The van der Waals surface area contributed by atoms with E-state index in [2.05, 4.69) is 29.6 Å². The predicted molar refractivity (Wildman–Crippen MR) is 76.7 cm³/mol. The number of ether oxygens (including phenoxy) is 1. The maximum atomic E-state index is 5.46. The minimum atomic E-state index is 0.316. The van der Waals surface area contributed by atoms with Crippen LogP contribution in [0.1, 0.15) is 36.8 Å². The zero-order valence-corrected chi connectivity index (χ0v) is 11.5. The number of benzene rings is 1. The quantitative estimate of drug-likeness (QED) is 0.779. The third-order valence-electron chi connectivity index (χ3n) is 5.30. The van der Waals surface area contributed by atoms with Crippen LogP contribution >= 0.6 is 0 Å². The molecule has 0 radical (unpaired) electrons. The number of allylic oxidation sites excluding steroid dienone is 1. The molecule has 1 fully saturated rings. The summed E-state index contributed by atoms with van der Waals surface area (Å²) in [7, 11) is 1.77. The van der Waals surface area contributed by atoms with Gasteiger partial charge in [0.05, 0.1) is 7.11 Å². The normalized spacial score (nSPS) is 32.1. The average molecular weight is 255 g/mol. The standard InChI is InChI=1S/C17H21NO/c1-19-13-6-5-12-10-16-14-4-2-3-7-17(14,8-9-18-16)15(12)11-13/h4-6,11,16,18H,2-3,7-10H2,1H3. The van der Waals surface area contributed by atoms with Gasteiger partial charge in [0.2, 0.25) is 0 Å². The van der Waals surface area contributed by atoms with Gasteiger partial charge in [0.15, 0.2) is 0 Å². The van der Waals surface area contributed by atoms with Crippen LogP contribution in [-0.4, -0.2) is 19.7 Å². The van der Waals surface area contributed by atoms with Crippen LogP contribution in [0, 0.1) is 0 Å². The third-order valence-corrected chi connectivity index (χ3v) is 5.30. The molecule has 2 nitrogen and oxygen atoms in total. The summed E-state index contributed by atoms with van der Waals surface area (Å²) in [6, 6.07) is 7.27. The first kappa shape index (κ1) is 11.5. The van der Waals surface area contributed by atoms with E-state index in [0.717, 1.165) is 18.7 Å². The van der Waals surface area contributed by atoms with Crippen molar-refractivity contribution in [2.24, 2.45) is 0 Å². The van der Waals surface area contributed by atoms with Gasteiger partial charge in [-0.15, -0.1) is 0 Å². The van der Waals surface area contributed by atoms with Crippen LogP contribution in [0.3, 0.4) is 0 Å². The van der Waals surface area contributed by atoms with Gasteiger partial charge < -0.3 is 10.1 Å². The Morgan fingerprint density at radius 3 is 3.16 bits per heavy atom. The third kappa shape index (κ3) is 1.53. The predicted octanol–water partition coefficient (Wildman–Crippen LogP) is 2.96. The van der Waals surface area contributed by atoms with E-state index in [0.29, 0.717) is 11.5 Å². The summed E-state index contributed by atoms with van der Waals surface area (Å²) in [6.45, 7) is 1.15. The van der Waals surface area contributed by atoms with Crippen LogP contribution in [0.25, 0.3) is 0 Å². The zero-order chi connectivity index (χ0) is 12.9. The van der Waals surface area contributed by atoms with Gasteiger partial charge in [0, 0.05) is 11.5 Å². The Morgan fingerprint density at radius 2 is 2.26 bits per heavy atom. The second kappa shape index (κ2) is 4.11. The smallest absolute Gasteiger partial charge is 0.119 e. The number of methoxy groups -OCH3 is 1. The van der Waals surface area contributed by atoms with Gasteiger partial charge in [-0.1, -0.05) is 12.1 Å². The summed E-state index contributed by atoms with van der Waals surface area (Å²) in [5.41, 5.74) is 5.06. The zero-order valence-electron chi connectivity index (χ0n) is 11.5. The van der Waals surface area contributed by atoms with Gasteiger partial charge in [-0.2, -0.15) is 0 Å². The number of hydrogen-bond acceptors (Lipinski definition) is 2. The molecule has 1 heterocycles. The van der Waals surface area contributed by atoms with Gasteiger partial charge in [-0.3, -0.25) is 0 Å². The van der Waals surface area contributed by atoms with Gasteiger partial charge >= 0.3 is 0 Å². The largest absolute Gasteiger partial charge is 0.497 e. The number of fused-ring (bicyclic) bond motifs is 1. The monoisotopic (exact) mass is 255 g/mol. The molecular formula is C17H21NO. The molecule has 1 aliphatic heterocycles. The molecule has 3 aliphatic rings. The number of hydrogen-bond donors (Lipinski definition) is 1. The topological polar surface area (TPSA) is 21.3 Å². The van der Waals surface area contributed by atoms with Crippen LogP contribution < -0.4 is 10.1 Å². The van der Waals surface area contributed by atoms with Crippen molar-refractivity contribution in [3.05, 3.63) is 41.0 Å². The Labute approximate surface area is 114 Å². The van der Waals surface area contributed by atoms with Crippen molar-refractivity contribution in [3.63, 3.8) is 0 Å². The first-order valence-electron chi connectivity index (χ1n) is 7.45. The van der Waals surface area contributed by atoms with Crippen molar-refractivity contribution in [1.82, 2.24) is 5.32 Å². The number of piperidine rings is 1. The number of nitrogens with one attached hydrogen (secondary N) is 1. The fraction of sp³-hybridized carbons (Fsp3) is 0.529. The van der Waals surface area contributed by atoms with Crippen molar-refractivity contribution in [3.8, 4) is 5.75 Å². The molecule has 2 heteroatoms. The first-order valence-corrected chi connectivity index (χ1v) is 7.45. The molecule has 0 saturated carbocycles. The Kier molecular flexibility index (Phi) is 2.49. The highest BCUT2D eigenvalue weighted by Crippen LogP contribution is 2.51. The molecule has 0 aromatic heterocycles. The lowest BCUT2D eigenvalue weighted by molar-refractivity contribution is 0.285. The SMILES string of the molecule is COc1ccc2c(c1)C13CCCC=C1C(C2)NCC3. The van der Waals surface area contributed by atoms with Crippen molar-refractivity contribution >= 4 is 0 Å². The summed E-state index contributed by atoms with van der Waals surface area (Å²) in [4.78, 5) is 0. The Bertz CT molecular complexity index is 548. The van der Waals surface area contributed by atoms with Gasteiger partial charge in [-0.05, 0) is 67.5 Å². The molecule has 2 atom stereocenters. The lowest BCUT2D eigenvalue weighted by Crippen LogP contribution is -2.54. The molecule has 4 rings (SSSR count). The fourth-order valence-electron chi connectivity index (χ4n) is 4.45. The second-order valence-electron chi connectivity index (χ2n) is 6.12. The highest BCUT2D eigenvalue weighted by Gasteiger charge is 2.47. The van der Waals surface area contributed by atoms with Crippen molar-refractivity contribution in [2.75, 3.05) is 13.7 Å². The molecule has 1 aromatic rings. The lowest BCUT2D eigenvalue weighted by Gasteiger charge is -2.51. The van der Waals surface area contributed by atoms with E-state index in [1.165, 1.54) is 31.2 Å². The van der Waals surface area contributed by atoms with Crippen LogP contribution in [0.15, 0.2) is 29.8 Å². The Hall–Kier alpha value is -1.28. The minimum Gasteiger partial charge on any atom is -0.497 e. The highest BCUT2D eigenvalue weighted by atomic mass is 16.5. The summed E-state index contributed by atoms with van der Waals surface area (Å²) >= 11 is 0. The Balaban J connectivity index is 1.94. The van der Waals surface area contributed by atoms with Crippen molar-refractivity contribution < 1.29 is 4.74 Å². The summed E-state index contributed by atoms with van der Waals surface area (Å²) < 4.78 is 5.46. The minimum absolute atomic E-state index is 0.316. The van der Waals surface area contributed by atoms with E-state index >= 15 is 0 Å². The molecule has 1 N–H and O–H groups in total. The molecule has 1 aromatic carbocycles. The summed E-state index contributed by atoms with van der Waals surface area (Å²) in [6.07, 6.45) is 8.81. The first-order chi connectivity index (χ1) is 9.33. The average Bonchev–Trinajstić information content (AvgIpc) is 2.47. The van der Waals surface area contributed by atoms with Crippen molar-refractivity contribution in [2.45, 2.75) is 43.6 Å². The molecule has 0 spiro atoms. The molecule has 19 heavy (non-hydrogen) atoms. The van der Waals surface area contributed by atoms with Crippen LogP contribution in [-0.2, 0) is 11.8 Å². The van der Waals surface area contributed by atoms with Crippen LogP contribution in [0.4, 0.5) is 0 Å². The fourth-order valence-corrected chi connectivity index (χ4v) is 4.45. The molecule has 2 bridgehead atoms. The van der Waals surface area contributed by atoms with E-state index in [4.69, 9.17) is 4.74 Å². The molecule has 1 saturated heterocycles. The van der Waals surface area contributed by atoms with Crippen LogP contribution in [0.2, 0.25) is 0 Å². The van der Waals surface area contributed by atoms with Crippen molar-refractivity contribution in [1.29, 1.82) is 0 Å².